The van der Waals surface area contributed by atoms with Gasteiger partial charge in [-0.15, -0.1) is 0 Å². The fourth-order valence-corrected chi connectivity index (χ4v) is 2.66. The van der Waals surface area contributed by atoms with E-state index in [1.165, 1.54) is 12.3 Å². The Bertz CT molecular complexity index is 881. The SMILES string of the molecule is O=C(O)c1ccnc(Cc2cc(Cl)ccc2OCc2ccccc2)c1. The fraction of sp³-hybridized carbons (Fsp3) is 0.100. The van der Waals surface area contributed by atoms with Crippen LogP contribution in [0.3, 0.4) is 0 Å². The lowest BCUT2D eigenvalue weighted by Crippen LogP contribution is -2.02. The first-order valence-electron chi connectivity index (χ1n) is 7.75. The summed E-state index contributed by atoms with van der Waals surface area (Å²) >= 11 is 6.11. The molecule has 5 heteroatoms. The average Bonchev–Trinajstić information content (AvgIpc) is 2.62. The monoisotopic (exact) mass is 353 g/mol. The van der Waals surface area contributed by atoms with E-state index in [4.69, 9.17) is 21.4 Å². The van der Waals surface area contributed by atoms with Crippen molar-refractivity contribution in [3.05, 3.63) is 94.3 Å². The lowest BCUT2D eigenvalue weighted by atomic mass is 10.1. The summed E-state index contributed by atoms with van der Waals surface area (Å²) < 4.78 is 5.93. The van der Waals surface area contributed by atoms with E-state index in [0.29, 0.717) is 29.5 Å². The molecule has 0 saturated carbocycles. The van der Waals surface area contributed by atoms with Crippen LogP contribution >= 0.6 is 11.6 Å². The number of pyridine rings is 1. The second-order valence-electron chi connectivity index (χ2n) is 5.54. The lowest BCUT2D eigenvalue weighted by Gasteiger charge is -2.12. The summed E-state index contributed by atoms with van der Waals surface area (Å²) in [4.78, 5) is 15.4. The van der Waals surface area contributed by atoms with Gasteiger partial charge in [0, 0.05) is 28.9 Å². The zero-order chi connectivity index (χ0) is 17.6. The minimum absolute atomic E-state index is 0.207. The number of carboxylic acids is 1. The second-order valence-corrected chi connectivity index (χ2v) is 5.98. The van der Waals surface area contributed by atoms with Crippen LogP contribution in [0.4, 0.5) is 0 Å². The lowest BCUT2D eigenvalue weighted by molar-refractivity contribution is 0.0696. The fourth-order valence-electron chi connectivity index (χ4n) is 2.47. The van der Waals surface area contributed by atoms with Gasteiger partial charge in [-0.2, -0.15) is 0 Å². The molecule has 1 heterocycles. The van der Waals surface area contributed by atoms with Crippen molar-refractivity contribution in [3.8, 4) is 5.75 Å². The summed E-state index contributed by atoms with van der Waals surface area (Å²) in [7, 11) is 0. The molecule has 4 nitrogen and oxygen atoms in total. The Morgan fingerprint density at radius 2 is 1.88 bits per heavy atom. The van der Waals surface area contributed by atoms with Crippen molar-refractivity contribution in [1.29, 1.82) is 0 Å². The van der Waals surface area contributed by atoms with Crippen LogP contribution in [0.5, 0.6) is 5.75 Å². The van der Waals surface area contributed by atoms with Gasteiger partial charge in [-0.1, -0.05) is 41.9 Å². The molecular weight excluding hydrogens is 338 g/mol. The molecule has 0 unspecified atom stereocenters. The Morgan fingerprint density at radius 3 is 2.64 bits per heavy atom. The Balaban J connectivity index is 1.81. The summed E-state index contributed by atoms with van der Waals surface area (Å²) in [6, 6.07) is 18.3. The van der Waals surface area contributed by atoms with Gasteiger partial charge in [0.05, 0.1) is 5.56 Å². The summed E-state index contributed by atoms with van der Waals surface area (Å²) in [5.41, 5.74) is 2.78. The molecular formula is C20H16ClNO3. The first-order chi connectivity index (χ1) is 12.1. The molecule has 0 saturated heterocycles. The highest BCUT2D eigenvalue weighted by Crippen LogP contribution is 2.26. The van der Waals surface area contributed by atoms with E-state index in [1.54, 1.807) is 12.1 Å². The molecule has 3 aromatic rings. The molecule has 0 aliphatic carbocycles. The Morgan fingerprint density at radius 1 is 1.08 bits per heavy atom. The smallest absolute Gasteiger partial charge is 0.335 e. The topological polar surface area (TPSA) is 59.4 Å². The van der Waals surface area contributed by atoms with E-state index < -0.39 is 5.97 Å². The van der Waals surface area contributed by atoms with Crippen LogP contribution in [0.2, 0.25) is 5.02 Å². The van der Waals surface area contributed by atoms with Crippen molar-refractivity contribution in [2.75, 3.05) is 0 Å². The number of aromatic nitrogens is 1. The van der Waals surface area contributed by atoms with Gasteiger partial charge in [-0.05, 0) is 35.9 Å². The van der Waals surface area contributed by atoms with Gasteiger partial charge in [0.15, 0.2) is 0 Å². The summed E-state index contributed by atoms with van der Waals surface area (Å²) in [6.45, 7) is 0.443. The number of carbonyl (C=O) groups is 1. The molecule has 0 amide bonds. The summed E-state index contributed by atoms with van der Waals surface area (Å²) in [6.07, 6.45) is 1.93. The number of aromatic carboxylic acids is 1. The maximum atomic E-state index is 11.1. The van der Waals surface area contributed by atoms with Gasteiger partial charge in [0.1, 0.15) is 12.4 Å². The molecule has 0 fully saturated rings. The number of benzene rings is 2. The summed E-state index contributed by atoms with van der Waals surface area (Å²) in [5, 5.41) is 9.70. The number of nitrogens with zero attached hydrogens (tertiary/aromatic N) is 1. The van der Waals surface area contributed by atoms with Crippen LogP contribution < -0.4 is 4.74 Å². The van der Waals surface area contributed by atoms with E-state index >= 15 is 0 Å². The van der Waals surface area contributed by atoms with Gasteiger partial charge >= 0.3 is 5.97 Å². The van der Waals surface area contributed by atoms with E-state index in [2.05, 4.69) is 4.98 Å². The van der Waals surface area contributed by atoms with Crippen molar-refractivity contribution < 1.29 is 14.6 Å². The van der Waals surface area contributed by atoms with Gasteiger partial charge < -0.3 is 9.84 Å². The van der Waals surface area contributed by atoms with Crippen LogP contribution in [0.15, 0.2) is 66.9 Å². The number of carboxylic acid groups (broad SMARTS) is 1. The Hall–Kier alpha value is -2.85. The van der Waals surface area contributed by atoms with Crippen molar-refractivity contribution in [1.82, 2.24) is 4.98 Å². The quantitative estimate of drug-likeness (QED) is 0.703. The van der Waals surface area contributed by atoms with Crippen LogP contribution in [0.25, 0.3) is 0 Å². The number of hydrogen-bond acceptors (Lipinski definition) is 3. The minimum Gasteiger partial charge on any atom is -0.489 e. The van der Waals surface area contributed by atoms with Gasteiger partial charge in [-0.3, -0.25) is 4.98 Å². The molecule has 0 atom stereocenters. The summed E-state index contributed by atoms with van der Waals surface area (Å²) in [5.74, 6) is -0.272. The number of hydrogen-bond donors (Lipinski definition) is 1. The number of rotatable bonds is 6. The van der Waals surface area contributed by atoms with Crippen molar-refractivity contribution in [3.63, 3.8) is 0 Å². The second kappa shape index (κ2) is 7.81. The van der Waals surface area contributed by atoms with Crippen LogP contribution in [-0.4, -0.2) is 16.1 Å². The molecule has 126 valence electrons. The molecule has 1 aromatic heterocycles. The molecule has 0 aliphatic rings. The molecule has 25 heavy (non-hydrogen) atoms. The molecule has 3 rings (SSSR count). The van der Waals surface area contributed by atoms with Crippen molar-refractivity contribution >= 4 is 17.6 Å². The molecule has 0 spiro atoms. The van der Waals surface area contributed by atoms with Crippen molar-refractivity contribution in [2.24, 2.45) is 0 Å². The molecule has 0 radical (unpaired) electrons. The molecule has 0 bridgehead atoms. The Kier molecular flexibility index (Phi) is 5.31. The standard InChI is InChI=1S/C20H16ClNO3/c21-17-6-7-19(25-13-14-4-2-1-3-5-14)16(10-17)12-18-11-15(20(23)24)8-9-22-18/h1-11H,12-13H2,(H,23,24). The first kappa shape index (κ1) is 17.0. The molecule has 0 aliphatic heterocycles. The zero-order valence-corrected chi connectivity index (χ0v) is 14.1. The maximum Gasteiger partial charge on any atom is 0.335 e. The van der Waals surface area contributed by atoms with Crippen LogP contribution in [0.1, 0.15) is 27.2 Å². The van der Waals surface area contributed by atoms with E-state index in [1.807, 2.05) is 42.5 Å². The minimum atomic E-state index is -0.977. The highest BCUT2D eigenvalue weighted by atomic mass is 35.5. The predicted molar refractivity (Wildman–Crippen MR) is 96.2 cm³/mol. The number of ether oxygens (including phenoxy) is 1. The normalized spacial score (nSPS) is 10.4. The first-order valence-corrected chi connectivity index (χ1v) is 8.13. The van der Waals surface area contributed by atoms with Gasteiger partial charge in [0.2, 0.25) is 0 Å². The average molecular weight is 354 g/mol. The predicted octanol–water partition coefficient (Wildman–Crippen LogP) is 4.60. The highest BCUT2D eigenvalue weighted by Gasteiger charge is 2.10. The van der Waals surface area contributed by atoms with Gasteiger partial charge in [-0.25, -0.2) is 4.79 Å². The van der Waals surface area contributed by atoms with Crippen molar-refractivity contribution in [2.45, 2.75) is 13.0 Å². The molecule has 1 N–H and O–H groups in total. The third kappa shape index (κ3) is 4.58. The molecule has 2 aromatic carbocycles. The highest BCUT2D eigenvalue weighted by molar-refractivity contribution is 6.30. The van der Waals surface area contributed by atoms with Crippen LogP contribution in [-0.2, 0) is 13.0 Å². The van der Waals surface area contributed by atoms with Gasteiger partial charge in [0.25, 0.3) is 0 Å². The largest absolute Gasteiger partial charge is 0.489 e. The van der Waals surface area contributed by atoms with Crippen LogP contribution in [0, 0.1) is 0 Å². The third-order valence-electron chi connectivity index (χ3n) is 3.69. The van der Waals surface area contributed by atoms with E-state index in [-0.39, 0.29) is 5.56 Å². The zero-order valence-electron chi connectivity index (χ0n) is 13.4. The third-order valence-corrected chi connectivity index (χ3v) is 3.93. The van der Waals surface area contributed by atoms with E-state index in [0.717, 1.165) is 11.1 Å². The Labute approximate surface area is 150 Å². The number of halogens is 1. The van der Waals surface area contributed by atoms with E-state index in [9.17, 15) is 4.79 Å². The maximum absolute atomic E-state index is 11.1.